The number of para-hydroxylation sites is 2. The van der Waals surface area contributed by atoms with Crippen LogP contribution >= 0.6 is 0 Å². The van der Waals surface area contributed by atoms with Crippen molar-refractivity contribution < 1.29 is 22.7 Å². The fourth-order valence-electron chi connectivity index (χ4n) is 4.55. The Labute approximate surface area is 238 Å². The predicted octanol–water partition coefficient (Wildman–Crippen LogP) is 4.33. The number of aryl methyl sites for hydroxylation is 1. The predicted molar refractivity (Wildman–Crippen MR) is 159 cm³/mol. The van der Waals surface area contributed by atoms with Crippen LogP contribution < -0.4 is 14.4 Å². The summed E-state index contributed by atoms with van der Waals surface area (Å²) >= 11 is 0. The van der Waals surface area contributed by atoms with Crippen molar-refractivity contribution in [3.05, 3.63) is 95.6 Å². The first kappa shape index (κ1) is 30.7. The van der Waals surface area contributed by atoms with Crippen molar-refractivity contribution in [2.45, 2.75) is 45.7 Å². The summed E-state index contributed by atoms with van der Waals surface area (Å²) in [5.41, 5.74) is 3.37. The summed E-state index contributed by atoms with van der Waals surface area (Å²) in [6.07, 6.45) is 1.83. The zero-order valence-electron chi connectivity index (χ0n) is 23.7. The van der Waals surface area contributed by atoms with Gasteiger partial charge in [0.15, 0.2) is 0 Å². The van der Waals surface area contributed by atoms with E-state index in [4.69, 9.17) is 4.74 Å². The van der Waals surface area contributed by atoms with Gasteiger partial charge in [-0.25, -0.2) is 8.42 Å². The first-order chi connectivity index (χ1) is 19.1. The second-order valence-corrected chi connectivity index (χ2v) is 11.6. The molecule has 0 spiro atoms. The number of sulfonamides is 1. The molecule has 0 heterocycles. The van der Waals surface area contributed by atoms with Gasteiger partial charge in [-0.1, -0.05) is 72.3 Å². The molecule has 0 saturated heterocycles. The van der Waals surface area contributed by atoms with Crippen LogP contribution in [0.3, 0.4) is 0 Å². The number of ether oxygens (including phenoxy) is 1. The van der Waals surface area contributed by atoms with Gasteiger partial charge < -0.3 is 15.0 Å². The molecule has 9 heteroatoms. The number of carbonyl (C=O) groups excluding carboxylic acids is 2. The van der Waals surface area contributed by atoms with E-state index in [1.54, 1.807) is 29.2 Å². The molecule has 3 rings (SSSR count). The van der Waals surface area contributed by atoms with Crippen LogP contribution in [-0.4, -0.2) is 57.6 Å². The lowest BCUT2D eigenvalue weighted by Crippen LogP contribution is -2.50. The number of anilines is 1. The molecule has 0 saturated carbocycles. The van der Waals surface area contributed by atoms with Crippen LogP contribution in [0.5, 0.6) is 5.75 Å². The van der Waals surface area contributed by atoms with E-state index in [0.717, 1.165) is 22.9 Å². The van der Waals surface area contributed by atoms with Gasteiger partial charge in [-0.15, -0.1) is 0 Å². The van der Waals surface area contributed by atoms with Crippen LogP contribution in [0.2, 0.25) is 0 Å². The maximum Gasteiger partial charge on any atom is 0.243 e. The molecule has 0 fully saturated rings. The van der Waals surface area contributed by atoms with Gasteiger partial charge in [-0.2, -0.15) is 0 Å². The standard InChI is InChI=1S/C31H39N3O5S/c1-5-32-31(36)28(22-25-12-7-6-8-13-25)33(23-26-19-17-24(2)18-20-26)30(35)16-11-21-34(40(4,37)38)27-14-9-10-15-29(27)39-3/h6-10,12-15,17-20,28H,5,11,16,21-23H2,1-4H3,(H,32,36)/t28-/m1/s1. The highest BCUT2D eigenvalue weighted by Gasteiger charge is 2.30. The van der Waals surface area contributed by atoms with E-state index in [9.17, 15) is 18.0 Å². The first-order valence-corrected chi connectivity index (χ1v) is 15.3. The molecular weight excluding hydrogens is 526 g/mol. The molecule has 0 radical (unpaired) electrons. The Bertz CT molecular complexity index is 1360. The molecule has 214 valence electrons. The molecule has 8 nitrogen and oxygen atoms in total. The average Bonchev–Trinajstić information content (AvgIpc) is 2.94. The lowest BCUT2D eigenvalue weighted by atomic mass is 10.0. The number of nitrogens with zero attached hydrogens (tertiary/aromatic N) is 2. The molecular formula is C31H39N3O5S. The number of carbonyl (C=O) groups is 2. The van der Waals surface area contributed by atoms with E-state index < -0.39 is 16.1 Å². The van der Waals surface area contributed by atoms with Gasteiger partial charge in [-0.3, -0.25) is 13.9 Å². The summed E-state index contributed by atoms with van der Waals surface area (Å²) in [7, 11) is -2.15. The first-order valence-electron chi connectivity index (χ1n) is 13.4. The van der Waals surface area contributed by atoms with Crippen LogP contribution in [0.25, 0.3) is 0 Å². The van der Waals surface area contributed by atoms with E-state index in [2.05, 4.69) is 5.32 Å². The fourth-order valence-corrected chi connectivity index (χ4v) is 5.52. The summed E-state index contributed by atoms with van der Waals surface area (Å²) in [4.78, 5) is 28.7. The van der Waals surface area contributed by atoms with Gasteiger partial charge >= 0.3 is 0 Å². The highest BCUT2D eigenvalue weighted by atomic mass is 32.2. The Balaban J connectivity index is 1.87. The van der Waals surface area contributed by atoms with Crippen molar-refractivity contribution in [2.24, 2.45) is 0 Å². The maximum absolute atomic E-state index is 13.8. The SMILES string of the molecule is CCNC(=O)[C@@H](Cc1ccccc1)N(Cc1ccc(C)cc1)C(=O)CCCN(c1ccccc1OC)S(C)(=O)=O. The van der Waals surface area contributed by atoms with Crippen molar-refractivity contribution in [1.29, 1.82) is 0 Å². The third kappa shape index (κ3) is 8.58. The van der Waals surface area contributed by atoms with Crippen LogP contribution in [0, 0.1) is 6.92 Å². The Morgan fingerprint density at radius 2 is 1.57 bits per heavy atom. The second kappa shape index (κ2) is 14.5. The van der Waals surface area contributed by atoms with E-state index in [-0.39, 0.29) is 37.7 Å². The molecule has 3 aromatic carbocycles. The molecule has 0 aromatic heterocycles. The van der Waals surface area contributed by atoms with Crippen molar-refractivity contribution in [2.75, 3.05) is 30.8 Å². The lowest BCUT2D eigenvalue weighted by Gasteiger charge is -2.32. The molecule has 0 aliphatic carbocycles. The van der Waals surface area contributed by atoms with Crippen LogP contribution in [-0.2, 0) is 32.6 Å². The largest absolute Gasteiger partial charge is 0.495 e. The van der Waals surface area contributed by atoms with Crippen molar-refractivity contribution in [3.8, 4) is 5.75 Å². The van der Waals surface area contributed by atoms with E-state index in [1.807, 2.05) is 68.4 Å². The third-order valence-corrected chi connectivity index (χ3v) is 7.78. The Hall–Kier alpha value is -3.85. The Kier molecular flexibility index (Phi) is 11.1. The summed E-state index contributed by atoms with van der Waals surface area (Å²) in [6.45, 7) is 4.64. The Morgan fingerprint density at radius 3 is 2.20 bits per heavy atom. The molecule has 1 atom stereocenters. The number of likely N-dealkylation sites (N-methyl/N-ethyl adjacent to an activating group) is 1. The maximum atomic E-state index is 13.8. The lowest BCUT2D eigenvalue weighted by molar-refractivity contribution is -0.141. The summed E-state index contributed by atoms with van der Waals surface area (Å²) in [6, 6.07) is 23.7. The number of methoxy groups -OCH3 is 1. The summed E-state index contributed by atoms with van der Waals surface area (Å²) < 4.78 is 32.0. The van der Waals surface area contributed by atoms with Gasteiger partial charge in [0.2, 0.25) is 21.8 Å². The number of amides is 2. The van der Waals surface area contributed by atoms with Gasteiger partial charge in [0.05, 0.1) is 19.1 Å². The van der Waals surface area contributed by atoms with Gasteiger partial charge in [-0.05, 0) is 43.5 Å². The minimum atomic E-state index is -3.63. The van der Waals surface area contributed by atoms with E-state index >= 15 is 0 Å². The molecule has 2 amide bonds. The minimum Gasteiger partial charge on any atom is -0.495 e. The molecule has 0 bridgehead atoms. The van der Waals surface area contributed by atoms with E-state index in [1.165, 1.54) is 11.4 Å². The summed E-state index contributed by atoms with van der Waals surface area (Å²) in [5.74, 6) is -0.0146. The highest BCUT2D eigenvalue weighted by molar-refractivity contribution is 7.92. The number of benzene rings is 3. The quantitative estimate of drug-likeness (QED) is 0.314. The normalized spacial score (nSPS) is 11.9. The van der Waals surface area contributed by atoms with Crippen LogP contribution in [0.1, 0.15) is 36.5 Å². The van der Waals surface area contributed by atoms with Crippen molar-refractivity contribution >= 4 is 27.5 Å². The van der Waals surface area contributed by atoms with Crippen LogP contribution in [0.15, 0.2) is 78.9 Å². The molecule has 0 aliphatic heterocycles. The molecule has 3 aromatic rings. The molecule has 0 aliphatic rings. The number of hydrogen-bond acceptors (Lipinski definition) is 5. The summed E-state index contributed by atoms with van der Waals surface area (Å²) in [5, 5.41) is 2.89. The smallest absolute Gasteiger partial charge is 0.243 e. The number of hydrogen-bond donors (Lipinski definition) is 1. The molecule has 40 heavy (non-hydrogen) atoms. The second-order valence-electron chi connectivity index (χ2n) is 9.72. The zero-order valence-corrected chi connectivity index (χ0v) is 24.5. The van der Waals surface area contributed by atoms with Gasteiger partial charge in [0.25, 0.3) is 0 Å². The van der Waals surface area contributed by atoms with E-state index in [0.29, 0.717) is 24.4 Å². The molecule has 1 N–H and O–H groups in total. The average molecular weight is 566 g/mol. The number of nitrogens with one attached hydrogen (secondary N) is 1. The highest BCUT2D eigenvalue weighted by Crippen LogP contribution is 2.30. The third-order valence-electron chi connectivity index (χ3n) is 6.60. The molecule has 0 unspecified atom stereocenters. The Morgan fingerprint density at radius 1 is 0.925 bits per heavy atom. The van der Waals surface area contributed by atoms with Crippen LogP contribution in [0.4, 0.5) is 5.69 Å². The number of rotatable bonds is 14. The minimum absolute atomic E-state index is 0.0672. The monoisotopic (exact) mass is 565 g/mol. The van der Waals surface area contributed by atoms with Crippen molar-refractivity contribution in [3.63, 3.8) is 0 Å². The van der Waals surface area contributed by atoms with Gasteiger partial charge in [0.1, 0.15) is 11.8 Å². The van der Waals surface area contributed by atoms with Gasteiger partial charge in [0, 0.05) is 32.5 Å². The topological polar surface area (TPSA) is 96.0 Å². The fraction of sp³-hybridized carbons (Fsp3) is 0.355. The van der Waals surface area contributed by atoms with Crippen molar-refractivity contribution in [1.82, 2.24) is 10.2 Å². The zero-order chi connectivity index (χ0) is 29.1.